The van der Waals surface area contributed by atoms with Gasteiger partial charge in [0.1, 0.15) is 11.8 Å². The summed E-state index contributed by atoms with van der Waals surface area (Å²) in [7, 11) is 1.64. The van der Waals surface area contributed by atoms with Gasteiger partial charge in [-0.1, -0.05) is 24.3 Å². The molecule has 2 aromatic carbocycles. The number of amides is 1. The number of carboxylic acid groups (broad SMARTS) is 1. The SMILES string of the molecule is COc1ccc2c(c1)CCC2C(CS)C(=O)N[C@@H](Cc1c[nH]c2ccccc12)C(=O)O. The fraction of sp³-hybridized carbons (Fsp3) is 0.333. The predicted molar refractivity (Wildman–Crippen MR) is 123 cm³/mol. The van der Waals surface area contributed by atoms with E-state index < -0.39 is 17.9 Å². The molecule has 3 N–H and O–H groups in total. The van der Waals surface area contributed by atoms with Crippen molar-refractivity contribution >= 4 is 35.4 Å². The highest BCUT2D eigenvalue weighted by molar-refractivity contribution is 7.80. The molecule has 1 amide bonds. The van der Waals surface area contributed by atoms with Crippen LogP contribution >= 0.6 is 12.6 Å². The van der Waals surface area contributed by atoms with Gasteiger partial charge in [0.15, 0.2) is 0 Å². The number of H-pyrrole nitrogens is 1. The second kappa shape index (κ2) is 9.06. The van der Waals surface area contributed by atoms with Gasteiger partial charge in [0.2, 0.25) is 5.91 Å². The first-order valence-corrected chi connectivity index (χ1v) is 11.0. The number of methoxy groups -OCH3 is 1. The molecule has 3 aromatic rings. The quantitative estimate of drug-likeness (QED) is 0.405. The normalized spacial score (nSPS) is 17.2. The number of fused-ring (bicyclic) bond motifs is 2. The lowest BCUT2D eigenvalue weighted by Crippen LogP contribution is -2.46. The maximum Gasteiger partial charge on any atom is 0.326 e. The van der Waals surface area contributed by atoms with E-state index >= 15 is 0 Å². The molecule has 2 unspecified atom stereocenters. The molecule has 31 heavy (non-hydrogen) atoms. The van der Waals surface area contributed by atoms with Crippen molar-refractivity contribution in [1.82, 2.24) is 10.3 Å². The monoisotopic (exact) mass is 438 g/mol. The average molecular weight is 439 g/mol. The molecule has 1 aromatic heterocycles. The van der Waals surface area contributed by atoms with E-state index in [4.69, 9.17) is 4.74 Å². The van der Waals surface area contributed by atoms with Crippen molar-refractivity contribution in [2.24, 2.45) is 5.92 Å². The first-order chi connectivity index (χ1) is 15.0. The Bertz CT molecular complexity index is 1110. The molecule has 0 saturated carbocycles. The summed E-state index contributed by atoms with van der Waals surface area (Å²) in [6, 6.07) is 12.6. The zero-order valence-corrected chi connectivity index (χ0v) is 18.2. The lowest BCUT2D eigenvalue weighted by atomic mass is 9.87. The Morgan fingerprint density at radius 3 is 2.84 bits per heavy atom. The Kier molecular flexibility index (Phi) is 6.23. The minimum Gasteiger partial charge on any atom is -0.497 e. The van der Waals surface area contributed by atoms with E-state index in [1.165, 1.54) is 5.56 Å². The van der Waals surface area contributed by atoms with Crippen LogP contribution in [0.15, 0.2) is 48.7 Å². The fourth-order valence-electron chi connectivity index (χ4n) is 4.56. The highest BCUT2D eigenvalue weighted by atomic mass is 32.1. The van der Waals surface area contributed by atoms with Gasteiger partial charge in [0, 0.05) is 29.3 Å². The van der Waals surface area contributed by atoms with Crippen molar-refractivity contribution in [1.29, 1.82) is 0 Å². The highest BCUT2D eigenvalue weighted by Crippen LogP contribution is 2.40. The van der Waals surface area contributed by atoms with Gasteiger partial charge in [0.25, 0.3) is 0 Å². The number of carbonyl (C=O) groups excluding carboxylic acids is 1. The molecule has 0 bridgehead atoms. The number of para-hydroxylation sites is 1. The van der Waals surface area contributed by atoms with Crippen LogP contribution in [0.3, 0.4) is 0 Å². The maximum atomic E-state index is 13.1. The van der Waals surface area contributed by atoms with Crippen LogP contribution in [-0.2, 0) is 22.4 Å². The van der Waals surface area contributed by atoms with E-state index in [0.29, 0.717) is 5.75 Å². The van der Waals surface area contributed by atoms with E-state index in [2.05, 4.69) is 22.9 Å². The molecule has 6 nitrogen and oxygen atoms in total. The van der Waals surface area contributed by atoms with Crippen LogP contribution < -0.4 is 10.1 Å². The van der Waals surface area contributed by atoms with Gasteiger partial charge in [-0.15, -0.1) is 0 Å². The summed E-state index contributed by atoms with van der Waals surface area (Å²) < 4.78 is 5.31. The number of hydrogen-bond acceptors (Lipinski definition) is 4. The number of rotatable bonds is 8. The van der Waals surface area contributed by atoms with Crippen LogP contribution in [-0.4, -0.2) is 40.9 Å². The number of aryl methyl sites for hydroxylation is 1. The van der Waals surface area contributed by atoms with Crippen molar-refractivity contribution in [3.8, 4) is 5.75 Å². The van der Waals surface area contributed by atoms with Crippen LogP contribution in [0, 0.1) is 5.92 Å². The number of ether oxygens (including phenoxy) is 1. The molecule has 1 aliphatic carbocycles. The van der Waals surface area contributed by atoms with Gasteiger partial charge in [-0.25, -0.2) is 4.79 Å². The van der Waals surface area contributed by atoms with Crippen LogP contribution in [0.1, 0.15) is 29.0 Å². The topological polar surface area (TPSA) is 91.4 Å². The van der Waals surface area contributed by atoms with Gasteiger partial charge in [0.05, 0.1) is 13.0 Å². The summed E-state index contributed by atoms with van der Waals surface area (Å²) >= 11 is 4.43. The molecule has 1 aliphatic rings. The van der Waals surface area contributed by atoms with Crippen LogP contribution in [0.2, 0.25) is 0 Å². The first kappa shape index (κ1) is 21.3. The number of thiol groups is 1. The van der Waals surface area contributed by atoms with Crippen molar-refractivity contribution < 1.29 is 19.4 Å². The molecule has 0 fully saturated rings. The van der Waals surface area contributed by atoms with Crippen molar-refractivity contribution in [3.05, 3.63) is 65.4 Å². The average Bonchev–Trinajstić information content (AvgIpc) is 3.38. The summed E-state index contributed by atoms with van der Waals surface area (Å²) in [6.45, 7) is 0. The zero-order valence-electron chi connectivity index (χ0n) is 17.3. The standard InChI is InChI=1S/C24H26N2O4S/c1-30-16-7-9-17-14(10-16)6-8-19(17)20(13-31)23(27)26-22(24(28)29)11-15-12-25-21-5-3-2-4-18(15)21/h2-5,7,9-10,12,19-20,22,25,31H,6,8,11,13H2,1H3,(H,26,27)(H,28,29)/t19?,20?,22-/m0/s1. The largest absolute Gasteiger partial charge is 0.497 e. The lowest BCUT2D eigenvalue weighted by molar-refractivity contribution is -0.142. The summed E-state index contributed by atoms with van der Waals surface area (Å²) in [5.74, 6) is -0.551. The second-order valence-electron chi connectivity index (χ2n) is 7.96. The number of aromatic amines is 1. The summed E-state index contributed by atoms with van der Waals surface area (Å²) in [5.41, 5.74) is 4.11. The minimum absolute atomic E-state index is 0.0148. The lowest BCUT2D eigenvalue weighted by Gasteiger charge is -2.24. The fourth-order valence-corrected chi connectivity index (χ4v) is 4.98. The van der Waals surface area contributed by atoms with Crippen LogP contribution in [0.5, 0.6) is 5.75 Å². The van der Waals surface area contributed by atoms with E-state index in [0.717, 1.165) is 40.6 Å². The van der Waals surface area contributed by atoms with Gasteiger partial charge in [-0.05, 0) is 53.6 Å². The molecule has 0 saturated heterocycles. The molecule has 0 spiro atoms. The molecule has 3 atom stereocenters. The van der Waals surface area contributed by atoms with E-state index in [-0.39, 0.29) is 18.2 Å². The summed E-state index contributed by atoms with van der Waals surface area (Å²) in [5, 5.41) is 13.5. The number of carbonyl (C=O) groups is 2. The third-order valence-corrected chi connectivity index (χ3v) is 6.60. The van der Waals surface area contributed by atoms with E-state index in [9.17, 15) is 14.7 Å². The van der Waals surface area contributed by atoms with Crippen LogP contribution in [0.25, 0.3) is 10.9 Å². The maximum absolute atomic E-state index is 13.1. The summed E-state index contributed by atoms with van der Waals surface area (Å²) in [6.07, 6.45) is 3.72. The molecule has 7 heteroatoms. The highest BCUT2D eigenvalue weighted by Gasteiger charge is 2.35. The smallest absolute Gasteiger partial charge is 0.326 e. The Hall–Kier alpha value is -2.93. The molecular weight excluding hydrogens is 412 g/mol. The molecule has 1 heterocycles. The van der Waals surface area contributed by atoms with Crippen molar-refractivity contribution in [2.75, 3.05) is 12.9 Å². The van der Waals surface area contributed by atoms with Gasteiger partial charge in [-0.2, -0.15) is 12.6 Å². The van der Waals surface area contributed by atoms with Gasteiger partial charge < -0.3 is 20.1 Å². The number of nitrogens with one attached hydrogen (secondary N) is 2. The number of hydrogen-bond donors (Lipinski definition) is 4. The van der Waals surface area contributed by atoms with Crippen molar-refractivity contribution in [2.45, 2.75) is 31.2 Å². The number of aliphatic carboxylic acids is 1. The molecule has 4 rings (SSSR count). The molecule has 0 radical (unpaired) electrons. The second-order valence-corrected chi connectivity index (χ2v) is 8.33. The third kappa shape index (κ3) is 4.28. The van der Waals surface area contributed by atoms with Crippen molar-refractivity contribution in [3.63, 3.8) is 0 Å². The molecule has 162 valence electrons. The Morgan fingerprint density at radius 1 is 1.29 bits per heavy atom. The predicted octanol–water partition coefficient (Wildman–Crippen LogP) is 3.56. The van der Waals surface area contributed by atoms with E-state index in [1.807, 2.05) is 48.7 Å². The number of benzene rings is 2. The minimum atomic E-state index is -1.05. The zero-order chi connectivity index (χ0) is 22.0. The molecule has 0 aliphatic heterocycles. The third-order valence-electron chi connectivity index (χ3n) is 6.21. The molecular formula is C24H26N2O4S. The van der Waals surface area contributed by atoms with Gasteiger partial charge >= 0.3 is 5.97 Å². The Morgan fingerprint density at radius 2 is 2.10 bits per heavy atom. The van der Waals surface area contributed by atoms with Crippen LogP contribution in [0.4, 0.5) is 0 Å². The number of carboxylic acids is 1. The number of aromatic nitrogens is 1. The Labute approximate surface area is 186 Å². The Balaban J connectivity index is 1.51. The summed E-state index contributed by atoms with van der Waals surface area (Å²) in [4.78, 5) is 28.2. The first-order valence-electron chi connectivity index (χ1n) is 10.4. The van der Waals surface area contributed by atoms with Gasteiger partial charge in [-0.3, -0.25) is 4.79 Å². The van der Waals surface area contributed by atoms with E-state index in [1.54, 1.807) is 7.11 Å².